The lowest BCUT2D eigenvalue weighted by Crippen LogP contribution is -2.01. The molecule has 0 radical (unpaired) electrons. The van der Waals surface area contributed by atoms with Gasteiger partial charge in [-0.1, -0.05) is 18.2 Å². The van der Waals surface area contributed by atoms with Gasteiger partial charge < -0.3 is 9.73 Å². The van der Waals surface area contributed by atoms with Crippen molar-refractivity contribution in [1.29, 1.82) is 0 Å². The highest BCUT2D eigenvalue weighted by Crippen LogP contribution is 2.30. The molecule has 0 spiro atoms. The van der Waals surface area contributed by atoms with Gasteiger partial charge in [0.05, 0.1) is 0 Å². The summed E-state index contributed by atoms with van der Waals surface area (Å²) in [5.41, 5.74) is 3.09. The van der Waals surface area contributed by atoms with Crippen LogP contribution in [0, 0.1) is 0 Å². The number of benzene rings is 2. The SMILES string of the molecule is CSCCCCNc1ccc2oc3ccccc3c2c1. The molecule has 2 aromatic carbocycles. The molecular weight excluding hydrogens is 266 g/mol. The van der Waals surface area contributed by atoms with E-state index >= 15 is 0 Å². The van der Waals surface area contributed by atoms with Crippen molar-refractivity contribution in [2.24, 2.45) is 0 Å². The summed E-state index contributed by atoms with van der Waals surface area (Å²) in [7, 11) is 0. The Kier molecular flexibility index (Phi) is 4.16. The number of para-hydroxylation sites is 1. The molecule has 3 rings (SSSR count). The maximum Gasteiger partial charge on any atom is 0.135 e. The summed E-state index contributed by atoms with van der Waals surface area (Å²) in [4.78, 5) is 0. The Morgan fingerprint density at radius 2 is 1.85 bits per heavy atom. The van der Waals surface area contributed by atoms with Gasteiger partial charge in [-0.3, -0.25) is 0 Å². The molecule has 1 N–H and O–H groups in total. The first-order chi connectivity index (χ1) is 9.88. The van der Waals surface area contributed by atoms with Crippen LogP contribution in [-0.2, 0) is 0 Å². The fraction of sp³-hybridized carbons (Fsp3) is 0.294. The monoisotopic (exact) mass is 285 g/mol. The minimum Gasteiger partial charge on any atom is -0.456 e. The van der Waals surface area contributed by atoms with Crippen molar-refractivity contribution in [1.82, 2.24) is 0 Å². The molecule has 0 saturated heterocycles. The Balaban J connectivity index is 1.77. The van der Waals surface area contributed by atoms with Crippen molar-refractivity contribution >= 4 is 39.4 Å². The smallest absolute Gasteiger partial charge is 0.135 e. The van der Waals surface area contributed by atoms with E-state index < -0.39 is 0 Å². The third-order valence-corrected chi connectivity index (χ3v) is 4.18. The number of nitrogens with one attached hydrogen (secondary N) is 1. The van der Waals surface area contributed by atoms with E-state index in [0.29, 0.717) is 0 Å². The summed E-state index contributed by atoms with van der Waals surface area (Å²) in [5.74, 6) is 1.24. The highest BCUT2D eigenvalue weighted by atomic mass is 32.2. The molecule has 0 aliphatic carbocycles. The topological polar surface area (TPSA) is 25.2 Å². The summed E-state index contributed by atoms with van der Waals surface area (Å²) in [6, 6.07) is 14.5. The molecule has 20 heavy (non-hydrogen) atoms. The van der Waals surface area contributed by atoms with Crippen molar-refractivity contribution in [3.8, 4) is 0 Å². The molecule has 0 saturated carbocycles. The van der Waals surface area contributed by atoms with Gasteiger partial charge in [0.15, 0.2) is 0 Å². The summed E-state index contributed by atoms with van der Waals surface area (Å²) in [6.45, 7) is 1.03. The van der Waals surface area contributed by atoms with E-state index in [2.05, 4.69) is 41.9 Å². The third-order valence-electron chi connectivity index (χ3n) is 3.48. The summed E-state index contributed by atoms with van der Waals surface area (Å²) in [5, 5.41) is 5.88. The van der Waals surface area contributed by atoms with Crippen LogP contribution in [0.25, 0.3) is 21.9 Å². The molecule has 0 unspecified atom stereocenters. The number of fused-ring (bicyclic) bond motifs is 3. The summed E-state index contributed by atoms with van der Waals surface area (Å²) < 4.78 is 5.83. The van der Waals surface area contributed by atoms with Crippen LogP contribution in [0.2, 0.25) is 0 Å². The molecule has 0 atom stereocenters. The highest BCUT2D eigenvalue weighted by molar-refractivity contribution is 7.98. The van der Waals surface area contributed by atoms with Crippen LogP contribution >= 0.6 is 11.8 Å². The Morgan fingerprint density at radius 3 is 2.75 bits per heavy atom. The first kappa shape index (κ1) is 13.4. The van der Waals surface area contributed by atoms with Crippen molar-refractivity contribution in [2.45, 2.75) is 12.8 Å². The van der Waals surface area contributed by atoms with Crippen LogP contribution in [0.1, 0.15) is 12.8 Å². The van der Waals surface area contributed by atoms with Crippen molar-refractivity contribution in [3.05, 3.63) is 42.5 Å². The number of hydrogen-bond donors (Lipinski definition) is 1. The lowest BCUT2D eigenvalue weighted by atomic mass is 10.1. The van der Waals surface area contributed by atoms with Crippen LogP contribution in [0.3, 0.4) is 0 Å². The third kappa shape index (κ3) is 2.78. The largest absolute Gasteiger partial charge is 0.456 e. The molecule has 0 aliphatic heterocycles. The zero-order valence-electron chi connectivity index (χ0n) is 11.7. The standard InChI is InChI=1S/C17H19NOS/c1-20-11-5-4-10-18-13-8-9-17-15(12-13)14-6-2-3-7-16(14)19-17/h2-3,6-9,12,18H,4-5,10-11H2,1H3. The molecule has 0 fully saturated rings. The van der Waals surface area contributed by atoms with Crippen LogP contribution < -0.4 is 5.32 Å². The van der Waals surface area contributed by atoms with E-state index in [1.54, 1.807) is 0 Å². The summed E-state index contributed by atoms with van der Waals surface area (Å²) >= 11 is 1.91. The van der Waals surface area contributed by atoms with Gasteiger partial charge in [0.1, 0.15) is 11.2 Å². The average molecular weight is 285 g/mol. The number of anilines is 1. The number of thioether (sulfide) groups is 1. The van der Waals surface area contributed by atoms with Crippen LogP contribution in [-0.4, -0.2) is 18.6 Å². The molecule has 1 heterocycles. The van der Waals surface area contributed by atoms with Gasteiger partial charge in [-0.05, 0) is 49.1 Å². The second-order valence-corrected chi connectivity index (χ2v) is 5.92. The molecule has 0 aliphatic rings. The highest BCUT2D eigenvalue weighted by Gasteiger charge is 2.06. The predicted octanol–water partition coefficient (Wildman–Crippen LogP) is 5.14. The van der Waals surface area contributed by atoms with Gasteiger partial charge >= 0.3 is 0 Å². The maximum absolute atomic E-state index is 5.83. The fourth-order valence-corrected chi connectivity index (χ4v) is 2.93. The average Bonchev–Trinajstić information content (AvgIpc) is 2.85. The van der Waals surface area contributed by atoms with E-state index in [1.165, 1.54) is 35.1 Å². The van der Waals surface area contributed by atoms with Gasteiger partial charge in [-0.2, -0.15) is 11.8 Å². The molecule has 104 valence electrons. The van der Waals surface area contributed by atoms with E-state index in [4.69, 9.17) is 4.42 Å². The van der Waals surface area contributed by atoms with Gasteiger partial charge in [-0.15, -0.1) is 0 Å². The zero-order valence-corrected chi connectivity index (χ0v) is 12.5. The quantitative estimate of drug-likeness (QED) is 0.635. The first-order valence-electron chi connectivity index (χ1n) is 7.02. The molecule has 0 amide bonds. The number of unbranched alkanes of at least 4 members (excludes halogenated alkanes) is 1. The van der Waals surface area contributed by atoms with Gasteiger partial charge in [0.25, 0.3) is 0 Å². The Morgan fingerprint density at radius 1 is 1.00 bits per heavy atom. The van der Waals surface area contributed by atoms with Crippen molar-refractivity contribution < 1.29 is 4.42 Å². The fourth-order valence-electron chi connectivity index (χ4n) is 2.44. The van der Waals surface area contributed by atoms with E-state index in [9.17, 15) is 0 Å². The second kappa shape index (κ2) is 6.23. The Bertz CT molecular complexity index is 704. The number of hydrogen-bond acceptors (Lipinski definition) is 3. The minimum atomic E-state index is 0.958. The van der Waals surface area contributed by atoms with Gasteiger partial charge in [-0.25, -0.2) is 0 Å². The predicted molar refractivity (Wildman–Crippen MR) is 89.8 cm³/mol. The normalized spacial score (nSPS) is 11.2. The van der Waals surface area contributed by atoms with E-state index in [-0.39, 0.29) is 0 Å². The molecular formula is C17H19NOS. The maximum atomic E-state index is 5.83. The van der Waals surface area contributed by atoms with E-state index in [0.717, 1.165) is 17.7 Å². The Hall–Kier alpha value is -1.61. The second-order valence-electron chi connectivity index (χ2n) is 4.94. The van der Waals surface area contributed by atoms with Crippen LogP contribution in [0.5, 0.6) is 0 Å². The molecule has 0 bridgehead atoms. The van der Waals surface area contributed by atoms with Gasteiger partial charge in [0, 0.05) is 23.0 Å². The van der Waals surface area contributed by atoms with Crippen LogP contribution in [0.4, 0.5) is 5.69 Å². The zero-order chi connectivity index (χ0) is 13.8. The van der Waals surface area contributed by atoms with Gasteiger partial charge in [0.2, 0.25) is 0 Å². The number of furan rings is 1. The van der Waals surface area contributed by atoms with Crippen LogP contribution in [0.15, 0.2) is 46.9 Å². The number of rotatable bonds is 6. The molecule has 1 aromatic heterocycles. The van der Waals surface area contributed by atoms with Crippen molar-refractivity contribution in [3.63, 3.8) is 0 Å². The lowest BCUT2D eigenvalue weighted by molar-refractivity contribution is 0.669. The first-order valence-corrected chi connectivity index (χ1v) is 8.42. The van der Waals surface area contributed by atoms with E-state index in [1.807, 2.05) is 23.9 Å². The minimum absolute atomic E-state index is 0.958. The molecule has 2 nitrogen and oxygen atoms in total. The molecule has 3 heteroatoms. The molecule has 3 aromatic rings. The van der Waals surface area contributed by atoms with Crippen molar-refractivity contribution in [2.75, 3.05) is 23.9 Å². The summed E-state index contributed by atoms with van der Waals surface area (Å²) in [6.07, 6.45) is 4.64. The lowest BCUT2D eigenvalue weighted by Gasteiger charge is -2.05. The Labute approximate surface area is 123 Å².